The molecule has 1 N–H and O–H groups in total. The summed E-state index contributed by atoms with van der Waals surface area (Å²) in [5, 5.41) is 3.00. The van der Waals surface area contributed by atoms with E-state index in [1.54, 1.807) is 6.07 Å². The molecule has 5 nitrogen and oxygen atoms in total. The number of hydrogen-bond donors (Lipinski definition) is 1. The van der Waals surface area contributed by atoms with Crippen molar-refractivity contribution in [2.45, 2.75) is 19.9 Å². The summed E-state index contributed by atoms with van der Waals surface area (Å²) in [6.45, 7) is 3.82. The van der Waals surface area contributed by atoms with Gasteiger partial charge in [0.25, 0.3) is 5.91 Å². The number of nitrogens with zero attached hydrogens (tertiary/aromatic N) is 3. The van der Waals surface area contributed by atoms with E-state index in [1.807, 2.05) is 86.5 Å². The molecule has 0 radical (unpaired) electrons. The molecule has 1 aromatic heterocycles. The highest BCUT2D eigenvalue weighted by Gasteiger charge is 2.16. The van der Waals surface area contributed by atoms with Gasteiger partial charge in [-0.1, -0.05) is 48.5 Å². The zero-order valence-electron chi connectivity index (χ0n) is 15.2. The Kier molecular flexibility index (Phi) is 5.27. The molecule has 1 heterocycles. The summed E-state index contributed by atoms with van der Waals surface area (Å²) in [4.78, 5) is 23.5. The molecule has 3 rings (SSSR count). The van der Waals surface area contributed by atoms with E-state index in [0.29, 0.717) is 11.6 Å². The number of aryl methyl sites for hydroxylation is 1. The minimum absolute atomic E-state index is 0.103. The lowest BCUT2D eigenvalue weighted by Gasteiger charge is -2.19. The average molecular weight is 346 g/mol. The predicted octanol–water partition coefficient (Wildman–Crippen LogP) is 4.04. The SMILES string of the molecule is Cc1cc(C(=O)NC(C)c2ccccc2)nc(N(C)c2ccccc2)n1. The van der Waals surface area contributed by atoms with Crippen LogP contribution in [0.15, 0.2) is 66.7 Å². The van der Waals surface area contributed by atoms with Gasteiger partial charge in [-0.25, -0.2) is 9.97 Å². The highest BCUT2D eigenvalue weighted by atomic mass is 16.1. The first-order chi connectivity index (χ1) is 12.5. The van der Waals surface area contributed by atoms with Crippen molar-refractivity contribution in [2.75, 3.05) is 11.9 Å². The standard InChI is InChI=1S/C21H22N4O/c1-15-14-19(20(26)23-16(2)17-10-6-4-7-11-17)24-21(22-15)25(3)18-12-8-5-9-13-18/h4-14,16H,1-3H3,(H,23,26). The third kappa shape index (κ3) is 4.06. The molecule has 1 amide bonds. The highest BCUT2D eigenvalue weighted by molar-refractivity contribution is 5.93. The lowest BCUT2D eigenvalue weighted by atomic mass is 10.1. The van der Waals surface area contributed by atoms with Crippen LogP contribution >= 0.6 is 0 Å². The van der Waals surface area contributed by atoms with Crippen molar-refractivity contribution in [1.82, 2.24) is 15.3 Å². The summed E-state index contributed by atoms with van der Waals surface area (Å²) < 4.78 is 0. The molecule has 5 heteroatoms. The highest BCUT2D eigenvalue weighted by Crippen LogP contribution is 2.20. The lowest BCUT2D eigenvalue weighted by Crippen LogP contribution is -2.28. The largest absolute Gasteiger partial charge is 0.344 e. The third-order valence-corrected chi connectivity index (χ3v) is 4.17. The van der Waals surface area contributed by atoms with Crippen LogP contribution in [0.5, 0.6) is 0 Å². The number of para-hydroxylation sites is 1. The van der Waals surface area contributed by atoms with E-state index in [1.165, 1.54) is 0 Å². The van der Waals surface area contributed by atoms with Crippen LogP contribution in [0.4, 0.5) is 11.6 Å². The number of anilines is 2. The maximum absolute atomic E-state index is 12.7. The molecule has 1 unspecified atom stereocenters. The van der Waals surface area contributed by atoms with E-state index < -0.39 is 0 Å². The maximum Gasteiger partial charge on any atom is 0.270 e. The summed E-state index contributed by atoms with van der Waals surface area (Å²) in [5.41, 5.74) is 3.11. The Balaban J connectivity index is 1.82. The normalized spacial score (nSPS) is 11.7. The number of amides is 1. The second-order valence-corrected chi connectivity index (χ2v) is 6.19. The number of hydrogen-bond acceptors (Lipinski definition) is 4. The van der Waals surface area contributed by atoms with Crippen LogP contribution in [-0.2, 0) is 0 Å². The van der Waals surface area contributed by atoms with Crippen LogP contribution in [0.25, 0.3) is 0 Å². The zero-order chi connectivity index (χ0) is 18.5. The molecule has 3 aromatic rings. The molecule has 0 aliphatic rings. The van der Waals surface area contributed by atoms with Crippen LogP contribution in [0, 0.1) is 6.92 Å². The number of rotatable bonds is 5. The second-order valence-electron chi connectivity index (χ2n) is 6.19. The average Bonchev–Trinajstić information content (AvgIpc) is 2.68. The number of aromatic nitrogens is 2. The Morgan fingerprint density at radius 2 is 1.62 bits per heavy atom. The van der Waals surface area contributed by atoms with Crippen molar-refractivity contribution in [3.05, 3.63) is 83.7 Å². The molecule has 0 fully saturated rings. The summed E-state index contributed by atoms with van der Waals surface area (Å²) in [6, 6.07) is 21.3. The minimum atomic E-state index is -0.213. The number of nitrogens with one attached hydrogen (secondary N) is 1. The second kappa shape index (κ2) is 7.78. The minimum Gasteiger partial charge on any atom is -0.344 e. The van der Waals surface area contributed by atoms with Gasteiger partial charge in [-0.2, -0.15) is 0 Å². The van der Waals surface area contributed by atoms with Crippen LogP contribution in [-0.4, -0.2) is 22.9 Å². The van der Waals surface area contributed by atoms with Gasteiger partial charge in [0.15, 0.2) is 0 Å². The first-order valence-electron chi connectivity index (χ1n) is 8.55. The summed E-state index contributed by atoms with van der Waals surface area (Å²) in [5.74, 6) is 0.281. The van der Waals surface area contributed by atoms with E-state index in [0.717, 1.165) is 16.9 Å². The van der Waals surface area contributed by atoms with Gasteiger partial charge in [0.2, 0.25) is 5.95 Å². The van der Waals surface area contributed by atoms with Crippen LogP contribution < -0.4 is 10.2 Å². The molecule has 132 valence electrons. The molecule has 0 aliphatic heterocycles. The Bertz CT molecular complexity index is 881. The molecule has 0 spiro atoms. The van der Waals surface area contributed by atoms with Gasteiger partial charge >= 0.3 is 0 Å². The van der Waals surface area contributed by atoms with E-state index in [9.17, 15) is 4.79 Å². The van der Waals surface area contributed by atoms with Crippen molar-refractivity contribution < 1.29 is 4.79 Å². The van der Waals surface area contributed by atoms with Crippen molar-refractivity contribution >= 4 is 17.5 Å². The molecule has 1 atom stereocenters. The van der Waals surface area contributed by atoms with E-state index in [2.05, 4.69) is 15.3 Å². The molecule has 2 aromatic carbocycles. The van der Waals surface area contributed by atoms with Crippen molar-refractivity contribution in [1.29, 1.82) is 0 Å². The Morgan fingerprint density at radius 1 is 1.00 bits per heavy atom. The Labute approximate surface area is 153 Å². The Morgan fingerprint density at radius 3 is 2.27 bits per heavy atom. The van der Waals surface area contributed by atoms with Crippen LogP contribution in [0.1, 0.15) is 34.7 Å². The van der Waals surface area contributed by atoms with Gasteiger partial charge < -0.3 is 10.2 Å². The van der Waals surface area contributed by atoms with Crippen molar-refractivity contribution in [3.63, 3.8) is 0 Å². The van der Waals surface area contributed by atoms with Gasteiger partial charge in [0.05, 0.1) is 6.04 Å². The molecule has 0 bridgehead atoms. The van der Waals surface area contributed by atoms with Gasteiger partial charge in [0.1, 0.15) is 5.69 Å². The first kappa shape index (κ1) is 17.6. The lowest BCUT2D eigenvalue weighted by molar-refractivity contribution is 0.0934. The van der Waals surface area contributed by atoms with Gasteiger partial charge in [-0.05, 0) is 37.6 Å². The third-order valence-electron chi connectivity index (χ3n) is 4.17. The zero-order valence-corrected chi connectivity index (χ0v) is 15.2. The molecular formula is C21H22N4O. The molecule has 0 saturated heterocycles. The van der Waals surface area contributed by atoms with Gasteiger partial charge in [-0.15, -0.1) is 0 Å². The quantitative estimate of drug-likeness (QED) is 0.757. The fraction of sp³-hybridized carbons (Fsp3) is 0.190. The van der Waals surface area contributed by atoms with E-state index in [4.69, 9.17) is 0 Å². The smallest absolute Gasteiger partial charge is 0.270 e. The van der Waals surface area contributed by atoms with Gasteiger partial charge in [-0.3, -0.25) is 4.79 Å². The predicted molar refractivity (Wildman–Crippen MR) is 104 cm³/mol. The fourth-order valence-corrected chi connectivity index (χ4v) is 2.68. The molecule has 26 heavy (non-hydrogen) atoms. The number of carbonyl (C=O) groups is 1. The molecule has 0 aliphatic carbocycles. The van der Waals surface area contributed by atoms with Crippen LogP contribution in [0.2, 0.25) is 0 Å². The maximum atomic E-state index is 12.7. The number of carbonyl (C=O) groups excluding carboxylic acids is 1. The molecular weight excluding hydrogens is 324 g/mol. The van der Waals surface area contributed by atoms with Gasteiger partial charge in [0, 0.05) is 18.4 Å². The first-order valence-corrected chi connectivity index (χ1v) is 8.55. The topological polar surface area (TPSA) is 58.1 Å². The van der Waals surface area contributed by atoms with Crippen molar-refractivity contribution in [3.8, 4) is 0 Å². The summed E-state index contributed by atoms with van der Waals surface area (Å²) in [6.07, 6.45) is 0. The van der Waals surface area contributed by atoms with E-state index >= 15 is 0 Å². The fourth-order valence-electron chi connectivity index (χ4n) is 2.68. The van der Waals surface area contributed by atoms with Crippen LogP contribution in [0.3, 0.4) is 0 Å². The molecule has 0 saturated carbocycles. The monoisotopic (exact) mass is 346 g/mol. The summed E-state index contributed by atoms with van der Waals surface area (Å²) >= 11 is 0. The van der Waals surface area contributed by atoms with Crippen molar-refractivity contribution in [2.24, 2.45) is 0 Å². The van der Waals surface area contributed by atoms with E-state index in [-0.39, 0.29) is 11.9 Å². The Hall–Kier alpha value is -3.21. The summed E-state index contributed by atoms with van der Waals surface area (Å²) in [7, 11) is 1.89. The number of benzene rings is 2.